The van der Waals surface area contributed by atoms with Crippen LogP contribution in [0.5, 0.6) is 0 Å². The summed E-state index contributed by atoms with van der Waals surface area (Å²) in [5, 5.41) is 8.18. The van der Waals surface area contributed by atoms with Gasteiger partial charge in [0.05, 0.1) is 9.88 Å². The van der Waals surface area contributed by atoms with Crippen LogP contribution in [0.2, 0.25) is 0 Å². The number of hydrogen-bond donors (Lipinski definition) is 1. The Morgan fingerprint density at radius 3 is 2.71 bits per heavy atom. The molecule has 3 aromatic rings. The van der Waals surface area contributed by atoms with Crippen molar-refractivity contribution >= 4 is 11.3 Å². The molecule has 0 aliphatic rings. The molecule has 5 heteroatoms. The summed E-state index contributed by atoms with van der Waals surface area (Å²) in [7, 11) is 0. The first kappa shape index (κ1) is 10.2. The molecular weight excluding hydrogens is 232 g/mol. The van der Waals surface area contributed by atoms with E-state index in [-0.39, 0.29) is 0 Å². The Morgan fingerprint density at radius 1 is 1.18 bits per heavy atom. The zero-order chi connectivity index (χ0) is 11.7. The molecule has 0 spiro atoms. The molecule has 0 aliphatic heterocycles. The molecule has 2 aromatic heterocycles. The Hall–Kier alpha value is -2.01. The standard InChI is InChI=1S/C12H10N4S/c1-8-13-7-10(17-8)12-14-11(15-16-12)9-5-3-2-4-6-9/h2-7H,1H3,(H,14,15,16). The van der Waals surface area contributed by atoms with Crippen molar-refractivity contribution < 1.29 is 0 Å². The van der Waals surface area contributed by atoms with Crippen molar-refractivity contribution in [2.24, 2.45) is 0 Å². The summed E-state index contributed by atoms with van der Waals surface area (Å²) in [6.07, 6.45) is 1.81. The first-order valence-electron chi connectivity index (χ1n) is 5.23. The van der Waals surface area contributed by atoms with Gasteiger partial charge in [0, 0.05) is 11.8 Å². The first-order chi connectivity index (χ1) is 8.33. The van der Waals surface area contributed by atoms with Crippen LogP contribution in [0.25, 0.3) is 22.1 Å². The van der Waals surface area contributed by atoms with Crippen LogP contribution in [0.15, 0.2) is 36.5 Å². The fourth-order valence-electron chi connectivity index (χ4n) is 1.56. The number of aryl methyl sites for hydroxylation is 1. The van der Waals surface area contributed by atoms with E-state index in [9.17, 15) is 0 Å². The van der Waals surface area contributed by atoms with Crippen molar-refractivity contribution in [3.05, 3.63) is 41.5 Å². The van der Waals surface area contributed by atoms with Crippen molar-refractivity contribution in [3.63, 3.8) is 0 Å². The topological polar surface area (TPSA) is 54.5 Å². The minimum Gasteiger partial charge on any atom is -0.258 e. The average molecular weight is 242 g/mol. The highest BCUT2D eigenvalue weighted by molar-refractivity contribution is 7.14. The highest BCUT2D eigenvalue weighted by atomic mass is 32.1. The van der Waals surface area contributed by atoms with Crippen LogP contribution in [0, 0.1) is 6.92 Å². The van der Waals surface area contributed by atoms with Gasteiger partial charge >= 0.3 is 0 Å². The van der Waals surface area contributed by atoms with Crippen molar-refractivity contribution in [1.82, 2.24) is 20.2 Å². The van der Waals surface area contributed by atoms with Gasteiger partial charge in [0.25, 0.3) is 0 Å². The molecular formula is C12H10N4S. The van der Waals surface area contributed by atoms with Gasteiger partial charge in [-0.1, -0.05) is 30.3 Å². The van der Waals surface area contributed by atoms with Gasteiger partial charge in [-0.3, -0.25) is 5.10 Å². The second-order valence-corrected chi connectivity index (χ2v) is 4.85. The molecule has 17 heavy (non-hydrogen) atoms. The Kier molecular flexibility index (Phi) is 2.45. The predicted octanol–water partition coefficient (Wildman–Crippen LogP) is 2.90. The molecule has 0 saturated heterocycles. The molecule has 0 radical (unpaired) electrons. The molecule has 1 N–H and O–H groups in total. The Balaban J connectivity index is 1.99. The average Bonchev–Trinajstić information content (AvgIpc) is 2.98. The summed E-state index contributed by atoms with van der Waals surface area (Å²) in [4.78, 5) is 9.68. The largest absolute Gasteiger partial charge is 0.258 e. The van der Waals surface area contributed by atoms with Crippen LogP contribution in [0.3, 0.4) is 0 Å². The lowest BCUT2D eigenvalue weighted by atomic mass is 10.2. The number of H-pyrrole nitrogens is 1. The molecule has 0 aliphatic carbocycles. The van der Waals surface area contributed by atoms with Gasteiger partial charge < -0.3 is 0 Å². The molecule has 1 aromatic carbocycles. The predicted molar refractivity (Wildman–Crippen MR) is 67.7 cm³/mol. The molecule has 0 fully saturated rings. The van der Waals surface area contributed by atoms with Crippen LogP contribution in [0.4, 0.5) is 0 Å². The lowest BCUT2D eigenvalue weighted by Crippen LogP contribution is -1.78. The van der Waals surface area contributed by atoms with Gasteiger partial charge in [0.1, 0.15) is 0 Å². The van der Waals surface area contributed by atoms with E-state index in [4.69, 9.17) is 0 Å². The fraction of sp³-hybridized carbons (Fsp3) is 0.0833. The van der Waals surface area contributed by atoms with Gasteiger partial charge in [-0.2, -0.15) is 5.10 Å². The number of benzene rings is 1. The van der Waals surface area contributed by atoms with Crippen LogP contribution in [-0.2, 0) is 0 Å². The Labute approximate surface area is 102 Å². The Bertz CT molecular complexity index is 627. The highest BCUT2D eigenvalue weighted by Crippen LogP contribution is 2.24. The third-order valence-corrected chi connectivity index (χ3v) is 3.29. The fourth-order valence-corrected chi connectivity index (χ4v) is 2.28. The number of nitrogens with one attached hydrogen (secondary N) is 1. The van der Waals surface area contributed by atoms with Crippen LogP contribution < -0.4 is 0 Å². The third-order valence-electron chi connectivity index (χ3n) is 2.37. The molecule has 0 unspecified atom stereocenters. The zero-order valence-corrected chi connectivity index (χ0v) is 10.0. The van der Waals surface area contributed by atoms with E-state index < -0.39 is 0 Å². The van der Waals surface area contributed by atoms with Crippen molar-refractivity contribution in [1.29, 1.82) is 0 Å². The van der Waals surface area contributed by atoms with E-state index in [1.165, 1.54) is 0 Å². The number of aromatic amines is 1. The van der Waals surface area contributed by atoms with Crippen molar-refractivity contribution in [3.8, 4) is 22.1 Å². The maximum Gasteiger partial charge on any atom is 0.181 e. The lowest BCUT2D eigenvalue weighted by Gasteiger charge is -1.91. The van der Waals surface area contributed by atoms with E-state index in [0.29, 0.717) is 5.82 Å². The number of thiazole rings is 1. The van der Waals surface area contributed by atoms with Crippen LogP contribution in [0.1, 0.15) is 5.01 Å². The molecule has 0 saturated carbocycles. The quantitative estimate of drug-likeness (QED) is 0.751. The molecule has 4 nitrogen and oxygen atoms in total. The van der Waals surface area contributed by atoms with E-state index >= 15 is 0 Å². The van der Waals surface area contributed by atoms with Gasteiger partial charge in [-0.15, -0.1) is 11.3 Å². The van der Waals surface area contributed by atoms with Crippen LogP contribution in [-0.4, -0.2) is 20.2 Å². The number of aromatic nitrogens is 4. The summed E-state index contributed by atoms with van der Waals surface area (Å²) in [6, 6.07) is 9.91. The van der Waals surface area contributed by atoms with Gasteiger partial charge in [0.2, 0.25) is 0 Å². The second kappa shape index (κ2) is 4.10. The van der Waals surface area contributed by atoms with Crippen LogP contribution >= 0.6 is 11.3 Å². The minimum absolute atomic E-state index is 0.714. The van der Waals surface area contributed by atoms with Crippen molar-refractivity contribution in [2.75, 3.05) is 0 Å². The molecule has 84 valence electrons. The van der Waals surface area contributed by atoms with Gasteiger partial charge in [-0.25, -0.2) is 9.97 Å². The van der Waals surface area contributed by atoms with E-state index in [0.717, 1.165) is 21.3 Å². The minimum atomic E-state index is 0.714. The molecule has 2 heterocycles. The number of rotatable bonds is 2. The summed E-state index contributed by atoms with van der Waals surface area (Å²) in [6.45, 7) is 1.97. The van der Waals surface area contributed by atoms with E-state index in [1.54, 1.807) is 11.3 Å². The molecule has 0 bridgehead atoms. The normalized spacial score (nSPS) is 10.6. The smallest absolute Gasteiger partial charge is 0.181 e. The monoisotopic (exact) mass is 242 g/mol. The maximum atomic E-state index is 4.47. The second-order valence-electron chi connectivity index (χ2n) is 3.62. The van der Waals surface area contributed by atoms with Gasteiger partial charge in [-0.05, 0) is 6.92 Å². The number of nitrogens with zero attached hydrogens (tertiary/aromatic N) is 3. The Morgan fingerprint density at radius 2 is 2.00 bits per heavy atom. The maximum absolute atomic E-state index is 4.47. The first-order valence-corrected chi connectivity index (χ1v) is 6.05. The summed E-state index contributed by atoms with van der Waals surface area (Å²) >= 11 is 1.60. The lowest BCUT2D eigenvalue weighted by molar-refractivity contribution is 1.10. The molecule has 3 rings (SSSR count). The molecule has 0 atom stereocenters. The summed E-state index contributed by atoms with van der Waals surface area (Å²) < 4.78 is 0. The van der Waals surface area contributed by atoms with Gasteiger partial charge in [0.15, 0.2) is 11.6 Å². The third kappa shape index (κ3) is 1.97. The van der Waals surface area contributed by atoms with Crippen molar-refractivity contribution in [2.45, 2.75) is 6.92 Å². The molecule has 0 amide bonds. The SMILES string of the molecule is Cc1ncc(-c2nc(-c3ccccc3)n[nH]2)s1. The highest BCUT2D eigenvalue weighted by Gasteiger charge is 2.09. The zero-order valence-electron chi connectivity index (χ0n) is 9.21. The van der Waals surface area contributed by atoms with E-state index in [2.05, 4.69) is 20.2 Å². The number of hydrogen-bond acceptors (Lipinski definition) is 4. The summed E-state index contributed by atoms with van der Waals surface area (Å²) in [5.74, 6) is 1.49. The summed E-state index contributed by atoms with van der Waals surface area (Å²) in [5.41, 5.74) is 1.01. The van der Waals surface area contributed by atoms with E-state index in [1.807, 2.05) is 43.5 Å².